The molecule has 0 bridgehead atoms. The molecule has 0 saturated carbocycles. The minimum absolute atomic E-state index is 0. The first-order chi connectivity index (χ1) is 12.0. The number of aromatic nitrogens is 1. The second-order valence-corrected chi connectivity index (χ2v) is 7.99. The summed E-state index contributed by atoms with van der Waals surface area (Å²) in [5.41, 5.74) is 2.01. The topological polar surface area (TPSA) is 54.0 Å². The zero-order valence-corrected chi connectivity index (χ0v) is 17.7. The van der Waals surface area contributed by atoms with E-state index in [0.717, 1.165) is 48.7 Å². The lowest BCUT2D eigenvalue weighted by atomic mass is 9.81. The van der Waals surface area contributed by atoms with Crippen molar-refractivity contribution < 1.29 is 9.18 Å². The minimum atomic E-state index is -0.234. The van der Waals surface area contributed by atoms with Crippen LogP contribution in [0.25, 0.3) is 0 Å². The number of hydrogen-bond donors (Lipinski definition) is 2. The van der Waals surface area contributed by atoms with Crippen molar-refractivity contribution in [3.8, 4) is 0 Å². The molecule has 0 unspecified atom stereocenters. The molecule has 27 heavy (non-hydrogen) atoms. The lowest BCUT2D eigenvalue weighted by molar-refractivity contribution is -0.121. The smallest absolute Gasteiger partial charge is 0.226 e. The molecule has 2 N–H and O–H groups in total. The Morgan fingerprint density at radius 3 is 2.59 bits per heavy atom. The van der Waals surface area contributed by atoms with E-state index in [9.17, 15) is 9.18 Å². The summed E-state index contributed by atoms with van der Waals surface area (Å²) in [6.45, 7) is 4.99. The maximum absolute atomic E-state index is 12.9. The van der Waals surface area contributed by atoms with Crippen molar-refractivity contribution in [1.29, 1.82) is 0 Å². The number of rotatable bonds is 6. The van der Waals surface area contributed by atoms with Crippen LogP contribution in [0.3, 0.4) is 0 Å². The number of nitrogens with zero attached hydrogens (tertiary/aromatic N) is 1. The number of piperidine rings is 1. The molecule has 1 aromatic heterocycles. The highest BCUT2D eigenvalue weighted by molar-refractivity contribution is 7.09. The maximum atomic E-state index is 12.9. The van der Waals surface area contributed by atoms with Gasteiger partial charge in [-0.2, -0.15) is 0 Å². The number of benzene rings is 1. The van der Waals surface area contributed by atoms with Gasteiger partial charge in [-0.15, -0.1) is 36.2 Å². The van der Waals surface area contributed by atoms with Crippen molar-refractivity contribution in [2.75, 3.05) is 19.6 Å². The van der Waals surface area contributed by atoms with Crippen LogP contribution in [-0.4, -0.2) is 30.5 Å². The molecule has 3 rings (SSSR count). The van der Waals surface area contributed by atoms with Gasteiger partial charge in [-0.25, -0.2) is 9.37 Å². The molecule has 4 nitrogen and oxygen atoms in total. The van der Waals surface area contributed by atoms with Gasteiger partial charge in [-0.1, -0.05) is 19.1 Å². The third-order valence-electron chi connectivity index (χ3n) is 4.73. The molecule has 8 heteroatoms. The average molecular weight is 434 g/mol. The molecule has 1 aliphatic heterocycles. The molecular weight excluding hydrogens is 408 g/mol. The van der Waals surface area contributed by atoms with Gasteiger partial charge in [0.25, 0.3) is 0 Å². The van der Waals surface area contributed by atoms with Crippen LogP contribution < -0.4 is 10.6 Å². The van der Waals surface area contributed by atoms with E-state index in [0.29, 0.717) is 12.8 Å². The van der Waals surface area contributed by atoms with Crippen molar-refractivity contribution in [2.45, 2.75) is 32.6 Å². The second-order valence-electron chi connectivity index (χ2n) is 7.05. The van der Waals surface area contributed by atoms with Crippen molar-refractivity contribution in [3.63, 3.8) is 0 Å². The van der Waals surface area contributed by atoms with Gasteiger partial charge < -0.3 is 10.6 Å². The molecule has 2 aromatic rings. The Labute approximate surface area is 176 Å². The molecule has 1 saturated heterocycles. The van der Waals surface area contributed by atoms with Gasteiger partial charge >= 0.3 is 0 Å². The van der Waals surface area contributed by atoms with Crippen molar-refractivity contribution in [3.05, 3.63) is 51.7 Å². The van der Waals surface area contributed by atoms with Gasteiger partial charge in [0.2, 0.25) is 5.91 Å². The largest absolute Gasteiger partial charge is 0.355 e. The van der Waals surface area contributed by atoms with Crippen LogP contribution in [0.15, 0.2) is 29.6 Å². The Morgan fingerprint density at radius 2 is 1.93 bits per heavy atom. The highest BCUT2D eigenvalue weighted by Crippen LogP contribution is 2.26. The quantitative estimate of drug-likeness (QED) is 0.728. The molecule has 1 aliphatic rings. The van der Waals surface area contributed by atoms with Crippen LogP contribution >= 0.6 is 36.2 Å². The monoisotopic (exact) mass is 433 g/mol. The fourth-order valence-corrected chi connectivity index (χ4v) is 3.86. The van der Waals surface area contributed by atoms with Gasteiger partial charge in [0.05, 0.1) is 17.1 Å². The summed E-state index contributed by atoms with van der Waals surface area (Å²) in [6, 6.07) is 6.45. The van der Waals surface area contributed by atoms with Gasteiger partial charge in [0.15, 0.2) is 0 Å². The Balaban J connectivity index is 0.00000182. The first-order valence-electron chi connectivity index (χ1n) is 8.68. The van der Waals surface area contributed by atoms with Gasteiger partial charge in [-0.05, 0) is 49.0 Å². The lowest BCUT2D eigenvalue weighted by Crippen LogP contribution is -2.43. The van der Waals surface area contributed by atoms with E-state index in [2.05, 4.69) is 22.5 Å². The first-order valence-corrected chi connectivity index (χ1v) is 9.56. The molecule has 1 amide bonds. The molecule has 0 atom stereocenters. The summed E-state index contributed by atoms with van der Waals surface area (Å²) in [5, 5.41) is 9.29. The molecule has 1 fully saturated rings. The molecule has 2 heterocycles. The van der Waals surface area contributed by atoms with Crippen LogP contribution in [-0.2, 0) is 17.6 Å². The van der Waals surface area contributed by atoms with Crippen LogP contribution in [0.2, 0.25) is 0 Å². The van der Waals surface area contributed by atoms with E-state index in [1.165, 1.54) is 12.1 Å². The molecule has 150 valence electrons. The number of hydrogen-bond acceptors (Lipinski definition) is 4. The number of carbonyl (C=O) groups is 1. The van der Waals surface area contributed by atoms with E-state index in [1.54, 1.807) is 23.5 Å². The Bertz CT molecular complexity index is 718. The summed E-state index contributed by atoms with van der Waals surface area (Å²) in [6.07, 6.45) is 3.16. The number of nitrogens with one attached hydrogen (secondary N) is 2. The van der Waals surface area contributed by atoms with Gasteiger partial charge in [0.1, 0.15) is 5.82 Å². The second kappa shape index (κ2) is 11.0. The summed E-state index contributed by atoms with van der Waals surface area (Å²) in [5.74, 6) is -0.207. The zero-order chi connectivity index (χ0) is 17.7. The number of amides is 1. The lowest BCUT2D eigenvalue weighted by Gasteiger charge is -2.34. The van der Waals surface area contributed by atoms with Crippen molar-refractivity contribution in [1.82, 2.24) is 15.6 Å². The highest BCUT2D eigenvalue weighted by Gasteiger charge is 2.27. The highest BCUT2D eigenvalue weighted by atomic mass is 35.5. The predicted octanol–water partition coefficient (Wildman–Crippen LogP) is 3.77. The van der Waals surface area contributed by atoms with Crippen LogP contribution in [0.4, 0.5) is 4.39 Å². The van der Waals surface area contributed by atoms with E-state index < -0.39 is 0 Å². The summed E-state index contributed by atoms with van der Waals surface area (Å²) >= 11 is 1.54. The number of carbonyl (C=O) groups excluding carboxylic acids is 1. The number of halogens is 3. The van der Waals surface area contributed by atoms with Crippen LogP contribution in [0.1, 0.15) is 36.0 Å². The zero-order valence-electron chi connectivity index (χ0n) is 15.3. The Morgan fingerprint density at radius 1 is 1.26 bits per heavy atom. The van der Waals surface area contributed by atoms with Gasteiger partial charge in [-0.3, -0.25) is 4.79 Å². The normalized spacial score (nSPS) is 15.3. The molecule has 0 aliphatic carbocycles. The van der Waals surface area contributed by atoms with E-state index in [-0.39, 0.29) is 42.0 Å². The molecule has 0 spiro atoms. The third kappa shape index (κ3) is 7.37. The SMILES string of the molecule is CC1(CNC(=O)Cc2csc(Cc3ccc(F)cc3)n2)CCNCC1.Cl.Cl. The third-order valence-corrected chi connectivity index (χ3v) is 5.63. The Hall–Kier alpha value is -1.21. The van der Waals surface area contributed by atoms with E-state index in [4.69, 9.17) is 0 Å². The molecule has 1 aromatic carbocycles. The van der Waals surface area contributed by atoms with E-state index in [1.807, 2.05) is 5.38 Å². The van der Waals surface area contributed by atoms with Crippen LogP contribution in [0.5, 0.6) is 0 Å². The average Bonchev–Trinajstić information content (AvgIpc) is 3.03. The fourth-order valence-electron chi connectivity index (χ4n) is 3.03. The van der Waals surface area contributed by atoms with E-state index >= 15 is 0 Å². The standard InChI is InChI=1S/C19H24FN3OS.2ClH/c1-19(6-8-21-9-7-19)13-22-17(24)11-16-12-25-18(23-16)10-14-2-4-15(20)5-3-14;;/h2-5,12,21H,6-11,13H2,1H3,(H,22,24);2*1H. The first kappa shape index (κ1) is 23.8. The Kier molecular flexibility index (Phi) is 9.67. The summed E-state index contributed by atoms with van der Waals surface area (Å²) in [7, 11) is 0. The van der Waals surface area contributed by atoms with Crippen molar-refractivity contribution >= 4 is 42.1 Å². The summed E-state index contributed by atoms with van der Waals surface area (Å²) in [4.78, 5) is 16.7. The number of thiazole rings is 1. The minimum Gasteiger partial charge on any atom is -0.355 e. The predicted molar refractivity (Wildman–Crippen MR) is 113 cm³/mol. The fraction of sp³-hybridized carbons (Fsp3) is 0.474. The molecular formula is C19H26Cl2FN3OS. The van der Waals surface area contributed by atoms with Gasteiger partial charge in [0, 0.05) is 18.3 Å². The summed E-state index contributed by atoms with van der Waals surface area (Å²) < 4.78 is 12.9. The van der Waals surface area contributed by atoms with Crippen molar-refractivity contribution in [2.24, 2.45) is 5.41 Å². The molecule has 0 radical (unpaired) electrons. The van der Waals surface area contributed by atoms with Crippen LogP contribution in [0, 0.1) is 11.2 Å². The maximum Gasteiger partial charge on any atom is 0.226 e.